The molecule has 1 saturated carbocycles. The van der Waals surface area contributed by atoms with Gasteiger partial charge in [-0.1, -0.05) is 49.2 Å². The van der Waals surface area contributed by atoms with Gasteiger partial charge in [0.1, 0.15) is 5.75 Å². The molecule has 6 nitrogen and oxygen atoms in total. The summed E-state index contributed by atoms with van der Waals surface area (Å²) >= 11 is 0. The van der Waals surface area contributed by atoms with Crippen LogP contribution in [0.4, 0.5) is 8.78 Å². The van der Waals surface area contributed by atoms with Gasteiger partial charge in [-0.2, -0.15) is 8.78 Å². The van der Waals surface area contributed by atoms with Gasteiger partial charge in [-0.05, 0) is 37.1 Å². The van der Waals surface area contributed by atoms with Crippen molar-refractivity contribution < 1.29 is 32.7 Å². The third-order valence-electron chi connectivity index (χ3n) is 3.82. The smallest absolute Gasteiger partial charge is 0.387 e. The molecule has 8 heteroatoms. The average molecular weight is 405 g/mol. The van der Waals surface area contributed by atoms with Crippen molar-refractivity contribution in [2.45, 2.75) is 33.3 Å². The monoisotopic (exact) mass is 405 g/mol. The van der Waals surface area contributed by atoms with E-state index in [2.05, 4.69) is 4.74 Å². The van der Waals surface area contributed by atoms with Gasteiger partial charge in [-0.15, -0.1) is 0 Å². The van der Waals surface area contributed by atoms with E-state index >= 15 is 0 Å². The highest BCUT2D eigenvalue weighted by Crippen LogP contribution is 2.32. The van der Waals surface area contributed by atoms with Gasteiger partial charge in [-0.25, -0.2) is 4.79 Å². The van der Waals surface area contributed by atoms with Gasteiger partial charge in [0, 0.05) is 0 Å². The Morgan fingerprint density at radius 2 is 1.41 bits per heavy atom. The minimum absolute atomic E-state index is 0.153. The van der Waals surface area contributed by atoms with E-state index in [1.54, 1.807) is 42.5 Å². The first-order valence-corrected chi connectivity index (χ1v) is 9.17. The number of hydrogen-bond donors (Lipinski definition) is 0. The van der Waals surface area contributed by atoms with E-state index in [0.717, 1.165) is 12.8 Å². The molecule has 0 aromatic heterocycles. The molecule has 0 bridgehead atoms. The predicted molar refractivity (Wildman–Crippen MR) is 100 cm³/mol. The van der Waals surface area contributed by atoms with Gasteiger partial charge in [0.05, 0.1) is 17.0 Å². The number of benzene rings is 2. The number of ether oxygens (including phenoxy) is 1. The topological polar surface area (TPSA) is 72.9 Å². The summed E-state index contributed by atoms with van der Waals surface area (Å²) in [5, 5.41) is 0.561. The SMILES string of the molecule is CC.FC(F)Oc1ccccc1.O=C(ON1C(=O)c2ccccc2C1=O)C1CC1. The Morgan fingerprint density at radius 3 is 1.86 bits per heavy atom. The number of hydrogen-bond acceptors (Lipinski definition) is 5. The van der Waals surface area contributed by atoms with Crippen molar-refractivity contribution in [1.82, 2.24) is 5.06 Å². The number of rotatable bonds is 4. The van der Waals surface area contributed by atoms with Crippen molar-refractivity contribution >= 4 is 17.8 Å². The largest absolute Gasteiger partial charge is 0.435 e. The highest BCUT2D eigenvalue weighted by molar-refractivity contribution is 6.20. The number of amides is 2. The molecule has 2 amide bonds. The standard InChI is InChI=1S/C12H9NO4.C7H6F2O.C2H6/c14-10-8-3-1-2-4-9(8)11(15)13(10)17-12(16)7-5-6-7;8-7(9)10-6-4-2-1-3-5-6;1-2/h1-4,7H,5-6H2;1-5,7H;1-2H3. The minimum atomic E-state index is -2.73. The molecule has 1 heterocycles. The number of hydroxylamine groups is 2. The molecule has 2 aromatic rings. The predicted octanol–water partition coefficient (Wildman–Crippen LogP) is 4.47. The number of fused-ring (bicyclic) bond motifs is 1. The lowest BCUT2D eigenvalue weighted by molar-refractivity contribution is -0.170. The minimum Gasteiger partial charge on any atom is -0.435 e. The maximum absolute atomic E-state index is 11.8. The summed E-state index contributed by atoms with van der Waals surface area (Å²) in [6.07, 6.45) is 1.53. The van der Waals surface area contributed by atoms with E-state index in [1.165, 1.54) is 12.1 Å². The molecule has 4 rings (SSSR count). The van der Waals surface area contributed by atoms with Crippen LogP contribution in [-0.4, -0.2) is 29.5 Å². The van der Waals surface area contributed by atoms with E-state index in [0.29, 0.717) is 5.06 Å². The Kier molecular flexibility index (Phi) is 7.82. The van der Waals surface area contributed by atoms with Gasteiger partial charge < -0.3 is 9.57 Å². The van der Waals surface area contributed by atoms with E-state index < -0.39 is 24.4 Å². The van der Waals surface area contributed by atoms with Crippen LogP contribution in [0.2, 0.25) is 0 Å². The van der Waals surface area contributed by atoms with Crippen LogP contribution in [0.25, 0.3) is 0 Å². The molecule has 2 aliphatic rings. The Bertz CT molecular complexity index is 818. The first-order valence-electron chi connectivity index (χ1n) is 9.17. The Balaban J connectivity index is 0.000000215. The summed E-state index contributed by atoms with van der Waals surface area (Å²) in [5.41, 5.74) is 0.558. The average Bonchev–Trinajstić information content (AvgIpc) is 3.55. The zero-order chi connectivity index (χ0) is 21.4. The second-order valence-electron chi connectivity index (χ2n) is 5.83. The molecule has 1 fully saturated rings. The molecule has 1 aliphatic carbocycles. The lowest BCUT2D eigenvalue weighted by Gasteiger charge is -2.11. The normalized spacial score (nSPS) is 14.3. The second-order valence-corrected chi connectivity index (χ2v) is 5.83. The van der Waals surface area contributed by atoms with Gasteiger partial charge in [0.15, 0.2) is 0 Å². The van der Waals surface area contributed by atoms with Gasteiger partial charge >= 0.3 is 12.6 Å². The van der Waals surface area contributed by atoms with Crippen LogP contribution in [0.5, 0.6) is 5.75 Å². The van der Waals surface area contributed by atoms with E-state index in [-0.39, 0.29) is 22.8 Å². The second kappa shape index (κ2) is 10.3. The molecule has 154 valence electrons. The lowest BCUT2D eigenvalue weighted by Crippen LogP contribution is -2.33. The zero-order valence-corrected chi connectivity index (χ0v) is 16.0. The van der Waals surface area contributed by atoms with Crippen LogP contribution >= 0.6 is 0 Å². The summed E-state index contributed by atoms with van der Waals surface area (Å²) in [6.45, 7) is 1.27. The Morgan fingerprint density at radius 1 is 0.931 bits per heavy atom. The van der Waals surface area contributed by atoms with Crippen LogP contribution in [0.3, 0.4) is 0 Å². The number of halogens is 2. The van der Waals surface area contributed by atoms with Gasteiger partial charge in [-0.3, -0.25) is 9.59 Å². The molecule has 1 aliphatic heterocycles. The fourth-order valence-electron chi connectivity index (χ4n) is 2.34. The van der Waals surface area contributed by atoms with Crippen molar-refractivity contribution in [1.29, 1.82) is 0 Å². The molecule has 0 unspecified atom stereocenters. The van der Waals surface area contributed by atoms with Crippen molar-refractivity contribution in [2.24, 2.45) is 5.92 Å². The first kappa shape index (κ1) is 22.0. The number of para-hydroxylation sites is 1. The van der Waals surface area contributed by atoms with Crippen molar-refractivity contribution in [2.75, 3.05) is 0 Å². The number of imide groups is 1. The fraction of sp³-hybridized carbons (Fsp3) is 0.286. The summed E-state index contributed by atoms with van der Waals surface area (Å²) in [4.78, 5) is 39.9. The summed E-state index contributed by atoms with van der Waals surface area (Å²) in [5.74, 6) is -1.60. The van der Waals surface area contributed by atoms with Crippen LogP contribution in [0, 0.1) is 5.92 Å². The lowest BCUT2D eigenvalue weighted by atomic mass is 10.1. The third-order valence-corrected chi connectivity index (χ3v) is 3.82. The first-order chi connectivity index (χ1) is 14.0. The Labute approximate surface area is 167 Å². The van der Waals surface area contributed by atoms with Crippen LogP contribution in [0.15, 0.2) is 54.6 Å². The van der Waals surface area contributed by atoms with Crippen molar-refractivity contribution in [3.8, 4) is 5.75 Å². The Hall–Kier alpha value is -3.29. The molecule has 0 atom stereocenters. The summed E-state index contributed by atoms with van der Waals surface area (Å²) in [7, 11) is 0. The number of alkyl halides is 2. The maximum atomic E-state index is 11.8. The van der Waals surface area contributed by atoms with Crippen molar-refractivity contribution in [3.63, 3.8) is 0 Å². The molecular weight excluding hydrogens is 384 g/mol. The number of carbonyl (C=O) groups is 3. The van der Waals surface area contributed by atoms with Crippen molar-refractivity contribution in [3.05, 3.63) is 65.7 Å². The highest BCUT2D eigenvalue weighted by atomic mass is 19.3. The summed E-state index contributed by atoms with van der Waals surface area (Å²) in [6, 6.07) is 14.4. The quantitative estimate of drug-likeness (QED) is 0.702. The summed E-state index contributed by atoms with van der Waals surface area (Å²) < 4.78 is 27.1. The maximum Gasteiger partial charge on any atom is 0.387 e. The molecule has 0 spiro atoms. The van der Waals surface area contributed by atoms with E-state index in [9.17, 15) is 23.2 Å². The van der Waals surface area contributed by atoms with E-state index in [4.69, 9.17) is 4.84 Å². The van der Waals surface area contributed by atoms with Gasteiger partial charge in [0.25, 0.3) is 11.8 Å². The van der Waals surface area contributed by atoms with E-state index in [1.807, 2.05) is 13.8 Å². The molecule has 0 radical (unpaired) electrons. The highest BCUT2D eigenvalue weighted by Gasteiger charge is 2.41. The number of carbonyl (C=O) groups excluding carboxylic acids is 3. The molecular formula is C21H21F2NO5. The zero-order valence-electron chi connectivity index (χ0n) is 16.0. The molecule has 29 heavy (non-hydrogen) atoms. The molecule has 0 saturated heterocycles. The van der Waals surface area contributed by atoms with Crippen LogP contribution < -0.4 is 4.74 Å². The van der Waals surface area contributed by atoms with Gasteiger partial charge in [0.2, 0.25) is 0 Å². The van der Waals surface area contributed by atoms with Crippen LogP contribution in [-0.2, 0) is 9.63 Å². The molecule has 2 aromatic carbocycles. The fourth-order valence-corrected chi connectivity index (χ4v) is 2.34. The molecule has 0 N–H and O–H groups in total. The van der Waals surface area contributed by atoms with Crippen LogP contribution in [0.1, 0.15) is 47.4 Å². The number of nitrogens with zero attached hydrogens (tertiary/aromatic N) is 1. The third kappa shape index (κ3) is 5.84.